The molecule has 2 aromatic heterocycles. The lowest BCUT2D eigenvalue weighted by atomic mass is 10.0. The van der Waals surface area contributed by atoms with Crippen LogP contribution >= 0.6 is 0 Å². The molecule has 4 aromatic rings. The zero-order valence-corrected chi connectivity index (χ0v) is 25.0. The number of amides is 1. The Morgan fingerprint density at radius 2 is 1.72 bits per heavy atom. The monoisotopic (exact) mass is 599 g/mol. The van der Waals surface area contributed by atoms with Gasteiger partial charge in [-0.3, -0.25) is 9.69 Å². The highest BCUT2D eigenvalue weighted by atomic mass is 19.4. The van der Waals surface area contributed by atoms with E-state index in [2.05, 4.69) is 10.1 Å². The first kappa shape index (κ1) is 31.8. The number of alkyl halides is 3. The van der Waals surface area contributed by atoms with Crippen LogP contribution in [0.15, 0.2) is 54.7 Å². The molecule has 0 unspecified atom stereocenters. The third kappa shape index (κ3) is 6.45. The van der Waals surface area contributed by atoms with E-state index in [0.717, 1.165) is 11.8 Å². The van der Waals surface area contributed by atoms with Crippen molar-refractivity contribution in [3.8, 4) is 22.8 Å². The predicted octanol–water partition coefficient (Wildman–Crippen LogP) is 5.26. The molecular formula is C31H36F3N5O4. The van der Waals surface area contributed by atoms with Gasteiger partial charge in [0, 0.05) is 35.8 Å². The Hall–Kier alpha value is -4.16. The minimum absolute atomic E-state index is 0.0416. The number of nitrogens with zero attached hydrogens (tertiary/aromatic N) is 5. The van der Waals surface area contributed by atoms with Crippen molar-refractivity contribution in [2.45, 2.75) is 39.0 Å². The number of likely N-dealkylation sites (N-methyl/N-ethyl adjacent to an activating group) is 1. The number of para-hydroxylation sites is 1. The molecule has 1 N–H and O–H groups in total. The van der Waals surface area contributed by atoms with E-state index < -0.39 is 23.8 Å². The molecule has 12 heteroatoms. The Balaban J connectivity index is 1.70. The minimum Gasteiger partial charge on any atom is -0.497 e. The maximum absolute atomic E-state index is 14.4. The number of fused-ring (bicyclic) bond motifs is 1. The maximum Gasteiger partial charge on any atom is 0.433 e. The Labute approximate surface area is 248 Å². The molecule has 4 rings (SSSR count). The van der Waals surface area contributed by atoms with Crippen LogP contribution in [-0.2, 0) is 6.18 Å². The first-order chi connectivity index (χ1) is 20.4. The lowest BCUT2D eigenvalue weighted by molar-refractivity contribution is -0.143. The number of carbonyl (C=O) groups excluding carboxylic acids is 1. The Morgan fingerprint density at radius 1 is 1.05 bits per heavy atom. The van der Waals surface area contributed by atoms with Crippen LogP contribution in [0.5, 0.6) is 11.5 Å². The van der Waals surface area contributed by atoms with Gasteiger partial charge in [-0.1, -0.05) is 18.2 Å². The molecule has 0 fully saturated rings. The summed E-state index contributed by atoms with van der Waals surface area (Å²) in [5.74, 6) is 0.679. The molecule has 0 bridgehead atoms. The van der Waals surface area contributed by atoms with Crippen LogP contribution in [0.1, 0.15) is 47.1 Å². The average molecular weight is 600 g/mol. The largest absolute Gasteiger partial charge is 0.497 e. The number of aliphatic hydroxyl groups is 1. The summed E-state index contributed by atoms with van der Waals surface area (Å²) in [6.07, 6.45) is -3.61. The molecule has 230 valence electrons. The van der Waals surface area contributed by atoms with Gasteiger partial charge in [0.1, 0.15) is 17.1 Å². The van der Waals surface area contributed by atoms with E-state index in [1.54, 1.807) is 36.3 Å². The van der Waals surface area contributed by atoms with Crippen LogP contribution in [0.25, 0.3) is 16.9 Å². The zero-order valence-electron chi connectivity index (χ0n) is 25.0. The Bertz CT molecular complexity index is 1570. The third-order valence-corrected chi connectivity index (χ3v) is 7.53. The Morgan fingerprint density at radius 3 is 2.30 bits per heavy atom. The van der Waals surface area contributed by atoms with Crippen molar-refractivity contribution < 1.29 is 32.5 Å². The fourth-order valence-corrected chi connectivity index (χ4v) is 5.17. The molecule has 0 aliphatic carbocycles. The van der Waals surface area contributed by atoms with E-state index in [9.17, 15) is 23.1 Å². The van der Waals surface area contributed by atoms with Gasteiger partial charge in [0.25, 0.3) is 5.91 Å². The van der Waals surface area contributed by atoms with Crippen molar-refractivity contribution in [2.75, 3.05) is 41.0 Å². The van der Waals surface area contributed by atoms with Crippen molar-refractivity contribution in [1.82, 2.24) is 24.4 Å². The fraction of sp³-hybridized carbons (Fsp3) is 0.387. The predicted molar refractivity (Wildman–Crippen MR) is 156 cm³/mol. The molecule has 1 amide bonds. The summed E-state index contributed by atoms with van der Waals surface area (Å²) in [4.78, 5) is 21.9. The second-order valence-electron chi connectivity index (χ2n) is 10.5. The summed E-state index contributed by atoms with van der Waals surface area (Å²) in [7, 11) is 4.88. The number of aromatic nitrogens is 3. The van der Waals surface area contributed by atoms with Gasteiger partial charge in [-0.15, -0.1) is 0 Å². The van der Waals surface area contributed by atoms with Crippen LogP contribution in [0.2, 0.25) is 0 Å². The number of halogens is 3. The first-order valence-electron chi connectivity index (χ1n) is 13.8. The molecule has 1 atom stereocenters. The van der Waals surface area contributed by atoms with E-state index >= 15 is 0 Å². The molecule has 0 saturated heterocycles. The van der Waals surface area contributed by atoms with Gasteiger partial charge in [0.05, 0.1) is 38.8 Å². The van der Waals surface area contributed by atoms with Gasteiger partial charge in [0.2, 0.25) is 0 Å². The number of carbonyl (C=O) groups is 1. The summed E-state index contributed by atoms with van der Waals surface area (Å²) in [6, 6.07) is 13.2. The summed E-state index contributed by atoms with van der Waals surface area (Å²) in [5, 5.41) is 14.2. The van der Waals surface area contributed by atoms with E-state index in [1.807, 2.05) is 50.1 Å². The lowest BCUT2D eigenvalue weighted by Crippen LogP contribution is -2.43. The van der Waals surface area contributed by atoms with Gasteiger partial charge < -0.3 is 19.5 Å². The number of methoxy groups -OCH3 is 2. The van der Waals surface area contributed by atoms with Crippen LogP contribution in [0.4, 0.5) is 13.2 Å². The molecule has 0 saturated carbocycles. The summed E-state index contributed by atoms with van der Waals surface area (Å²) >= 11 is 0. The molecule has 2 heterocycles. The van der Waals surface area contributed by atoms with E-state index in [1.165, 1.54) is 14.0 Å². The summed E-state index contributed by atoms with van der Waals surface area (Å²) in [5.41, 5.74) is -0.00251. The average Bonchev–Trinajstić information content (AvgIpc) is 3.39. The van der Waals surface area contributed by atoms with Crippen molar-refractivity contribution in [3.05, 3.63) is 77.1 Å². The number of aliphatic hydroxyl groups excluding tert-OH is 1. The smallest absolute Gasteiger partial charge is 0.433 e. The maximum atomic E-state index is 14.4. The second kappa shape index (κ2) is 13.0. The molecule has 0 aliphatic rings. The fourth-order valence-electron chi connectivity index (χ4n) is 5.17. The van der Waals surface area contributed by atoms with Gasteiger partial charge in [-0.25, -0.2) is 9.50 Å². The highest BCUT2D eigenvalue weighted by Gasteiger charge is 2.39. The molecule has 9 nitrogen and oxygen atoms in total. The van der Waals surface area contributed by atoms with Crippen molar-refractivity contribution in [1.29, 1.82) is 0 Å². The van der Waals surface area contributed by atoms with Gasteiger partial charge in [-0.2, -0.15) is 18.3 Å². The number of rotatable bonds is 11. The molecule has 43 heavy (non-hydrogen) atoms. The Kier molecular flexibility index (Phi) is 9.61. The quantitative estimate of drug-likeness (QED) is 0.252. The molecule has 0 aliphatic heterocycles. The number of ether oxygens (including phenoxy) is 2. The lowest BCUT2D eigenvalue weighted by Gasteiger charge is -2.32. The minimum atomic E-state index is -4.75. The van der Waals surface area contributed by atoms with E-state index in [-0.39, 0.29) is 41.7 Å². The van der Waals surface area contributed by atoms with Gasteiger partial charge in [-0.05, 0) is 58.2 Å². The van der Waals surface area contributed by atoms with E-state index in [0.29, 0.717) is 28.1 Å². The van der Waals surface area contributed by atoms with Crippen molar-refractivity contribution in [2.24, 2.45) is 0 Å². The highest BCUT2D eigenvalue weighted by molar-refractivity contribution is 6.00. The topological polar surface area (TPSA) is 92.4 Å². The van der Waals surface area contributed by atoms with Crippen molar-refractivity contribution >= 4 is 11.6 Å². The zero-order chi connectivity index (χ0) is 31.5. The number of hydrogen-bond donors (Lipinski definition) is 1. The van der Waals surface area contributed by atoms with Gasteiger partial charge in [0.15, 0.2) is 11.3 Å². The van der Waals surface area contributed by atoms with Crippen LogP contribution in [-0.4, -0.2) is 82.4 Å². The number of hydrogen-bond acceptors (Lipinski definition) is 7. The summed E-state index contributed by atoms with van der Waals surface area (Å²) < 4.78 is 54.4. The van der Waals surface area contributed by atoms with Crippen molar-refractivity contribution in [3.63, 3.8) is 0 Å². The third-order valence-electron chi connectivity index (χ3n) is 7.53. The standard InChI is InChI=1S/C31H36F3N5O4/c1-19(2)38(16-15-37(4)25(18-40)23-9-7-8-10-26(23)43-6)30(41)24-17-35-39-28(31(32,33)34)20(3)27(36-29(24)39)21-11-13-22(42-5)14-12-21/h7-14,17,19,25,40H,15-16,18H2,1-6H3/t25-/m0/s1. The van der Waals surface area contributed by atoms with E-state index in [4.69, 9.17) is 9.47 Å². The van der Waals surface area contributed by atoms with Crippen LogP contribution < -0.4 is 9.47 Å². The van der Waals surface area contributed by atoms with Crippen LogP contribution in [0, 0.1) is 6.92 Å². The highest BCUT2D eigenvalue weighted by Crippen LogP contribution is 2.37. The molecule has 0 radical (unpaired) electrons. The SMILES string of the molecule is COc1ccc(-c2nc3c(C(=O)N(CCN(C)[C@@H](CO)c4ccccc4OC)C(C)C)cnn3c(C(F)(F)F)c2C)cc1. The first-order valence-corrected chi connectivity index (χ1v) is 13.8. The molecular weight excluding hydrogens is 563 g/mol. The normalized spacial score (nSPS) is 12.7. The molecule has 0 spiro atoms. The molecule has 2 aromatic carbocycles. The van der Waals surface area contributed by atoms with Crippen LogP contribution in [0.3, 0.4) is 0 Å². The number of benzene rings is 2. The second-order valence-corrected chi connectivity index (χ2v) is 10.5. The van der Waals surface area contributed by atoms with Gasteiger partial charge >= 0.3 is 6.18 Å². The summed E-state index contributed by atoms with van der Waals surface area (Å²) in [6.45, 7) is 5.42.